The fraction of sp³-hybridized carbons (Fsp3) is 0.692. The second-order valence-corrected chi connectivity index (χ2v) is 5.97. The molecule has 2 N–H and O–H groups in total. The van der Waals surface area contributed by atoms with Gasteiger partial charge >= 0.3 is 6.03 Å². The molecule has 106 valence electrons. The lowest BCUT2D eigenvalue weighted by atomic mass is 9.96. The average Bonchev–Trinajstić information content (AvgIpc) is 2.87. The first kappa shape index (κ1) is 14.3. The lowest BCUT2D eigenvalue weighted by Gasteiger charge is -2.34. The van der Waals surface area contributed by atoms with E-state index in [-0.39, 0.29) is 11.9 Å². The van der Waals surface area contributed by atoms with E-state index in [1.54, 1.807) is 16.2 Å². The van der Waals surface area contributed by atoms with Crippen LogP contribution in [0.15, 0.2) is 5.38 Å². The van der Waals surface area contributed by atoms with Crippen molar-refractivity contribution in [2.24, 2.45) is 5.92 Å². The van der Waals surface area contributed by atoms with Crippen LogP contribution in [0.25, 0.3) is 0 Å². The van der Waals surface area contributed by atoms with E-state index in [1.165, 1.54) is 0 Å². The summed E-state index contributed by atoms with van der Waals surface area (Å²) in [6.07, 6.45) is 1.37. The molecule has 2 amide bonds. The van der Waals surface area contributed by atoms with E-state index < -0.39 is 6.10 Å². The molecule has 0 bridgehead atoms. The van der Waals surface area contributed by atoms with E-state index in [9.17, 15) is 9.90 Å². The van der Waals surface area contributed by atoms with Crippen LogP contribution >= 0.6 is 11.3 Å². The van der Waals surface area contributed by atoms with E-state index in [4.69, 9.17) is 0 Å². The van der Waals surface area contributed by atoms with Gasteiger partial charge in [-0.1, -0.05) is 13.8 Å². The largest absolute Gasteiger partial charge is 0.391 e. The quantitative estimate of drug-likeness (QED) is 0.886. The van der Waals surface area contributed by atoms with Crippen LogP contribution in [-0.2, 0) is 13.0 Å². The van der Waals surface area contributed by atoms with E-state index in [0.717, 1.165) is 23.5 Å². The number of likely N-dealkylation sites (tertiary alicyclic amines) is 1. The van der Waals surface area contributed by atoms with Crippen molar-refractivity contribution in [3.05, 3.63) is 16.1 Å². The fourth-order valence-corrected chi connectivity index (χ4v) is 2.85. The number of amides is 2. The van der Waals surface area contributed by atoms with Gasteiger partial charge in [-0.3, -0.25) is 0 Å². The smallest absolute Gasteiger partial charge is 0.317 e. The summed E-state index contributed by atoms with van der Waals surface area (Å²) in [6, 6.07) is -0.114. The van der Waals surface area contributed by atoms with Crippen LogP contribution in [0.1, 0.15) is 31.0 Å². The molecule has 0 radical (unpaired) electrons. The molecule has 2 rings (SSSR count). The number of carbonyl (C=O) groups is 1. The minimum atomic E-state index is -0.412. The molecule has 2 heterocycles. The molecule has 1 aliphatic heterocycles. The Balaban J connectivity index is 1.81. The number of nitrogens with one attached hydrogen (secondary N) is 1. The highest BCUT2D eigenvalue weighted by atomic mass is 32.1. The maximum atomic E-state index is 12.0. The SMILES string of the molecule is CCc1nc(CNC(=O)N2CCC(C)C(O)C2)cs1. The summed E-state index contributed by atoms with van der Waals surface area (Å²) >= 11 is 1.62. The van der Waals surface area contributed by atoms with Crippen molar-refractivity contribution in [2.45, 2.75) is 39.3 Å². The Morgan fingerprint density at radius 3 is 3.11 bits per heavy atom. The second-order valence-electron chi connectivity index (χ2n) is 5.02. The van der Waals surface area contributed by atoms with Crippen LogP contribution in [0, 0.1) is 5.92 Å². The van der Waals surface area contributed by atoms with Crippen molar-refractivity contribution in [1.29, 1.82) is 0 Å². The van der Waals surface area contributed by atoms with Crippen molar-refractivity contribution in [3.63, 3.8) is 0 Å². The van der Waals surface area contributed by atoms with Crippen LogP contribution in [0.5, 0.6) is 0 Å². The zero-order chi connectivity index (χ0) is 13.8. The number of β-amino-alcohol motifs (C(OH)–C–C–N with tert-alkyl or cyclic N) is 1. The average molecular weight is 283 g/mol. The summed E-state index contributed by atoms with van der Waals surface area (Å²) in [5.41, 5.74) is 0.904. The maximum Gasteiger partial charge on any atom is 0.317 e. The summed E-state index contributed by atoms with van der Waals surface area (Å²) in [7, 11) is 0. The minimum absolute atomic E-state index is 0.114. The molecule has 0 saturated carbocycles. The Hall–Kier alpha value is -1.14. The van der Waals surface area contributed by atoms with Crippen molar-refractivity contribution in [1.82, 2.24) is 15.2 Å². The summed E-state index contributed by atoms with van der Waals surface area (Å²) in [5.74, 6) is 0.273. The van der Waals surface area contributed by atoms with Crippen LogP contribution < -0.4 is 5.32 Å². The van der Waals surface area contributed by atoms with E-state index in [0.29, 0.717) is 19.6 Å². The number of aliphatic hydroxyl groups is 1. The lowest BCUT2D eigenvalue weighted by Crippen LogP contribution is -2.49. The Morgan fingerprint density at radius 2 is 2.47 bits per heavy atom. The van der Waals surface area contributed by atoms with Crippen LogP contribution in [0.2, 0.25) is 0 Å². The molecular weight excluding hydrogens is 262 g/mol. The second kappa shape index (κ2) is 6.34. The van der Waals surface area contributed by atoms with Crippen molar-refractivity contribution in [3.8, 4) is 0 Å². The van der Waals surface area contributed by atoms with Gasteiger partial charge in [0.2, 0.25) is 0 Å². The predicted molar refractivity (Wildman–Crippen MR) is 75.1 cm³/mol. The number of nitrogens with zero attached hydrogens (tertiary/aromatic N) is 2. The third-order valence-corrected chi connectivity index (χ3v) is 4.57. The number of piperidine rings is 1. The Bertz CT molecular complexity index is 435. The summed E-state index contributed by atoms with van der Waals surface area (Å²) in [6.45, 7) is 5.67. The van der Waals surface area contributed by atoms with Crippen LogP contribution in [0.3, 0.4) is 0 Å². The molecule has 1 fully saturated rings. The highest BCUT2D eigenvalue weighted by Crippen LogP contribution is 2.17. The standard InChI is InChI=1S/C13H21N3O2S/c1-3-12-15-10(8-19-12)6-14-13(18)16-5-4-9(2)11(17)7-16/h8-9,11,17H,3-7H2,1-2H3,(H,14,18). The van der Waals surface area contributed by atoms with Gasteiger partial charge in [0.25, 0.3) is 0 Å². The number of aliphatic hydroxyl groups excluding tert-OH is 1. The normalized spacial score (nSPS) is 23.4. The summed E-state index contributed by atoms with van der Waals surface area (Å²) < 4.78 is 0. The summed E-state index contributed by atoms with van der Waals surface area (Å²) in [5, 5.41) is 15.7. The molecule has 19 heavy (non-hydrogen) atoms. The van der Waals surface area contributed by atoms with Crippen molar-refractivity contribution in [2.75, 3.05) is 13.1 Å². The molecule has 2 atom stereocenters. The van der Waals surface area contributed by atoms with Gasteiger partial charge in [-0.25, -0.2) is 9.78 Å². The van der Waals surface area contributed by atoms with E-state index >= 15 is 0 Å². The molecule has 1 aromatic rings. The zero-order valence-electron chi connectivity index (χ0n) is 11.4. The summed E-state index contributed by atoms with van der Waals surface area (Å²) in [4.78, 5) is 18.1. The molecule has 0 aromatic carbocycles. The highest BCUT2D eigenvalue weighted by molar-refractivity contribution is 7.09. The number of carbonyl (C=O) groups excluding carboxylic acids is 1. The van der Waals surface area contributed by atoms with Crippen LogP contribution in [-0.4, -0.2) is 40.2 Å². The molecular formula is C13H21N3O2S. The highest BCUT2D eigenvalue weighted by Gasteiger charge is 2.27. The molecule has 0 spiro atoms. The number of rotatable bonds is 3. The number of urea groups is 1. The van der Waals surface area contributed by atoms with Gasteiger partial charge in [-0.15, -0.1) is 11.3 Å². The van der Waals surface area contributed by atoms with Gasteiger partial charge in [-0.2, -0.15) is 0 Å². The van der Waals surface area contributed by atoms with Crippen molar-refractivity contribution >= 4 is 17.4 Å². The van der Waals surface area contributed by atoms with Gasteiger partial charge in [0.15, 0.2) is 0 Å². The zero-order valence-corrected chi connectivity index (χ0v) is 12.2. The molecule has 2 unspecified atom stereocenters. The molecule has 1 aromatic heterocycles. The van der Waals surface area contributed by atoms with Gasteiger partial charge in [-0.05, 0) is 18.8 Å². The molecule has 6 heteroatoms. The topological polar surface area (TPSA) is 65.5 Å². The maximum absolute atomic E-state index is 12.0. The van der Waals surface area contributed by atoms with Gasteiger partial charge in [0, 0.05) is 18.5 Å². The number of hydrogen-bond acceptors (Lipinski definition) is 4. The monoisotopic (exact) mass is 283 g/mol. The number of aromatic nitrogens is 1. The Morgan fingerprint density at radius 1 is 1.68 bits per heavy atom. The third kappa shape index (κ3) is 3.67. The van der Waals surface area contributed by atoms with Gasteiger partial charge in [0.05, 0.1) is 23.4 Å². The predicted octanol–water partition coefficient (Wildman–Crippen LogP) is 1.62. The molecule has 0 aliphatic carbocycles. The van der Waals surface area contributed by atoms with Gasteiger partial charge < -0.3 is 15.3 Å². The van der Waals surface area contributed by atoms with Gasteiger partial charge in [0.1, 0.15) is 0 Å². The first-order chi connectivity index (χ1) is 9.10. The number of thiazole rings is 1. The molecule has 1 aliphatic rings. The molecule has 5 nitrogen and oxygen atoms in total. The minimum Gasteiger partial charge on any atom is -0.391 e. The fourth-order valence-electron chi connectivity index (χ4n) is 2.10. The Labute approximate surface area is 117 Å². The van der Waals surface area contributed by atoms with Crippen LogP contribution in [0.4, 0.5) is 4.79 Å². The van der Waals surface area contributed by atoms with E-state index in [2.05, 4.69) is 17.2 Å². The number of aryl methyl sites for hydroxylation is 1. The number of hydrogen-bond donors (Lipinski definition) is 2. The van der Waals surface area contributed by atoms with E-state index in [1.807, 2.05) is 12.3 Å². The first-order valence-electron chi connectivity index (χ1n) is 6.74. The van der Waals surface area contributed by atoms with Crippen molar-refractivity contribution < 1.29 is 9.90 Å². The Kier molecular flexibility index (Phi) is 4.76. The molecule has 1 saturated heterocycles. The first-order valence-corrected chi connectivity index (χ1v) is 7.62. The lowest BCUT2D eigenvalue weighted by molar-refractivity contribution is 0.0435. The third-order valence-electron chi connectivity index (χ3n) is 3.53.